The molecule has 0 saturated carbocycles. The van der Waals surface area contributed by atoms with Crippen LogP contribution in [0.25, 0.3) is 0 Å². The number of ether oxygens (including phenoxy) is 1. The summed E-state index contributed by atoms with van der Waals surface area (Å²) in [5, 5.41) is 0. The highest BCUT2D eigenvalue weighted by Gasteiger charge is 2.31. The Bertz CT molecular complexity index is 468. The van der Waals surface area contributed by atoms with E-state index in [2.05, 4.69) is 60.9 Å². The smallest absolute Gasteiger partial charge is 0.0674 e. The Balaban J connectivity index is 1.60. The summed E-state index contributed by atoms with van der Waals surface area (Å²) in [6.07, 6.45) is 2.99. The zero-order chi connectivity index (χ0) is 16.2. The molecule has 0 radical (unpaired) electrons. The van der Waals surface area contributed by atoms with Crippen molar-refractivity contribution in [2.75, 3.05) is 32.8 Å². The van der Waals surface area contributed by atoms with Crippen molar-refractivity contribution in [3.8, 4) is 0 Å². The number of likely N-dealkylation sites (tertiary alicyclic amines) is 1. The van der Waals surface area contributed by atoms with Crippen LogP contribution in [0.1, 0.15) is 45.2 Å². The van der Waals surface area contributed by atoms with E-state index in [9.17, 15) is 0 Å². The Kier molecular flexibility index (Phi) is 5.73. The lowest BCUT2D eigenvalue weighted by Crippen LogP contribution is -2.51. The SMILES string of the molecule is CC(C)[C@H](c1ccccc1)N1CCC(N2CCO[C@H](C)C2)CC1. The van der Waals surface area contributed by atoms with Crippen molar-refractivity contribution >= 4 is 0 Å². The average molecular weight is 316 g/mol. The molecule has 3 nitrogen and oxygen atoms in total. The summed E-state index contributed by atoms with van der Waals surface area (Å²) < 4.78 is 5.70. The van der Waals surface area contributed by atoms with E-state index in [1.54, 1.807) is 0 Å². The molecular formula is C20H32N2O. The zero-order valence-corrected chi connectivity index (χ0v) is 14.9. The number of hydrogen-bond acceptors (Lipinski definition) is 3. The molecule has 2 saturated heterocycles. The molecule has 0 aliphatic carbocycles. The Morgan fingerprint density at radius 1 is 1.04 bits per heavy atom. The van der Waals surface area contributed by atoms with E-state index in [1.165, 1.54) is 31.5 Å². The number of hydrogen-bond donors (Lipinski definition) is 0. The van der Waals surface area contributed by atoms with Gasteiger partial charge in [-0.3, -0.25) is 9.80 Å². The predicted molar refractivity (Wildman–Crippen MR) is 95.6 cm³/mol. The third-order valence-electron chi connectivity index (χ3n) is 5.45. The van der Waals surface area contributed by atoms with Crippen LogP contribution in [-0.4, -0.2) is 54.7 Å². The minimum absolute atomic E-state index is 0.398. The Morgan fingerprint density at radius 3 is 2.35 bits per heavy atom. The van der Waals surface area contributed by atoms with E-state index < -0.39 is 0 Å². The molecule has 2 heterocycles. The van der Waals surface area contributed by atoms with Gasteiger partial charge >= 0.3 is 0 Å². The minimum Gasteiger partial charge on any atom is -0.376 e. The van der Waals surface area contributed by atoms with Gasteiger partial charge in [0.15, 0.2) is 0 Å². The molecule has 128 valence electrons. The van der Waals surface area contributed by atoms with Crippen molar-refractivity contribution in [2.24, 2.45) is 5.92 Å². The number of morpholine rings is 1. The van der Waals surface area contributed by atoms with Gasteiger partial charge in [0.2, 0.25) is 0 Å². The first-order valence-electron chi connectivity index (χ1n) is 9.30. The summed E-state index contributed by atoms with van der Waals surface area (Å²) in [4.78, 5) is 5.37. The van der Waals surface area contributed by atoms with Gasteiger partial charge in [0, 0.05) is 38.3 Å². The largest absolute Gasteiger partial charge is 0.376 e. The molecule has 2 atom stereocenters. The molecule has 2 aliphatic heterocycles. The van der Waals surface area contributed by atoms with Crippen LogP contribution in [0, 0.1) is 5.92 Å². The van der Waals surface area contributed by atoms with Crippen LogP contribution in [0.2, 0.25) is 0 Å². The minimum atomic E-state index is 0.398. The highest BCUT2D eigenvalue weighted by atomic mass is 16.5. The van der Waals surface area contributed by atoms with Crippen molar-refractivity contribution < 1.29 is 4.74 Å². The summed E-state index contributed by atoms with van der Waals surface area (Å²) in [5.74, 6) is 0.650. The van der Waals surface area contributed by atoms with E-state index in [0.717, 1.165) is 25.7 Å². The van der Waals surface area contributed by atoms with Gasteiger partial charge in [-0.15, -0.1) is 0 Å². The van der Waals surface area contributed by atoms with Crippen molar-refractivity contribution in [3.05, 3.63) is 35.9 Å². The second kappa shape index (κ2) is 7.78. The van der Waals surface area contributed by atoms with Gasteiger partial charge in [0.1, 0.15) is 0 Å². The average Bonchev–Trinajstić information content (AvgIpc) is 2.56. The lowest BCUT2D eigenvalue weighted by Gasteiger charge is -2.44. The van der Waals surface area contributed by atoms with Crippen LogP contribution < -0.4 is 0 Å². The van der Waals surface area contributed by atoms with Crippen LogP contribution in [0.3, 0.4) is 0 Å². The summed E-state index contributed by atoms with van der Waals surface area (Å²) in [6.45, 7) is 12.5. The molecule has 0 N–H and O–H groups in total. The molecule has 3 rings (SSSR count). The van der Waals surface area contributed by atoms with Gasteiger partial charge in [-0.2, -0.15) is 0 Å². The summed E-state index contributed by atoms with van der Waals surface area (Å²) in [5.41, 5.74) is 1.47. The lowest BCUT2D eigenvalue weighted by atomic mass is 9.91. The predicted octanol–water partition coefficient (Wildman–Crippen LogP) is 3.57. The number of rotatable bonds is 4. The maximum atomic E-state index is 5.70. The van der Waals surface area contributed by atoms with Crippen molar-refractivity contribution in [2.45, 2.75) is 51.8 Å². The summed E-state index contributed by atoms with van der Waals surface area (Å²) in [7, 11) is 0. The zero-order valence-electron chi connectivity index (χ0n) is 14.9. The Labute approximate surface area is 141 Å². The molecule has 23 heavy (non-hydrogen) atoms. The molecule has 2 fully saturated rings. The van der Waals surface area contributed by atoms with Gasteiger partial charge in [-0.1, -0.05) is 44.2 Å². The molecule has 1 aromatic carbocycles. The second-order valence-electron chi connectivity index (χ2n) is 7.54. The third kappa shape index (κ3) is 4.14. The maximum absolute atomic E-state index is 5.70. The standard InChI is InChI=1S/C20H32N2O/c1-16(2)20(18-7-5-4-6-8-18)21-11-9-19(10-12-21)22-13-14-23-17(3)15-22/h4-8,16-17,19-20H,9-15H2,1-3H3/t17-,20-/m1/s1. The Hall–Kier alpha value is -0.900. The van der Waals surface area contributed by atoms with Gasteiger partial charge in [-0.25, -0.2) is 0 Å². The van der Waals surface area contributed by atoms with Crippen LogP contribution in [0.4, 0.5) is 0 Å². The fourth-order valence-corrected chi connectivity index (χ4v) is 4.37. The van der Waals surface area contributed by atoms with E-state index in [-0.39, 0.29) is 0 Å². The highest BCUT2D eigenvalue weighted by Crippen LogP contribution is 2.32. The molecule has 0 amide bonds. The normalized spacial score (nSPS) is 26.5. The first-order chi connectivity index (χ1) is 11.1. The van der Waals surface area contributed by atoms with Crippen LogP contribution in [0.5, 0.6) is 0 Å². The third-order valence-corrected chi connectivity index (χ3v) is 5.45. The monoisotopic (exact) mass is 316 g/mol. The molecular weight excluding hydrogens is 284 g/mol. The van der Waals surface area contributed by atoms with Crippen molar-refractivity contribution in [1.29, 1.82) is 0 Å². The van der Waals surface area contributed by atoms with E-state index in [0.29, 0.717) is 18.1 Å². The molecule has 1 aromatic rings. The lowest BCUT2D eigenvalue weighted by molar-refractivity contribution is -0.0466. The molecule has 3 heteroatoms. The van der Waals surface area contributed by atoms with Crippen LogP contribution >= 0.6 is 0 Å². The fourth-order valence-electron chi connectivity index (χ4n) is 4.37. The fraction of sp³-hybridized carbons (Fsp3) is 0.700. The Morgan fingerprint density at radius 2 is 1.74 bits per heavy atom. The number of benzene rings is 1. The molecule has 0 aromatic heterocycles. The summed E-state index contributed by atoms with van der Waals surface area (Å²) in [6, 6.07) is 12.4. The molecule has 2 aliphatic rings. The van der Waals surface area contributed by atoms with E-state index in [1.807, 2.05) is 0 Å². The van der Waals surface area contributed by atoms with Crippen LogP contribution in [0.15, 0.2) is 30.3 Å². The van der Waals surface area contributed by atoms with Crippen LogP contribution in [-0.2, 0) is 4.74 Å². The van der Waals surface area contributed by atoms with Gasteiger partial charge < -0.3 is 4.74 Å². The first kappa shape index (κ1) is 16.9. The van der Waals surface area contributed by atoms with Crippen molar-refractivity contribution in [1.82, 2.24) is 9.80 Å². The quantitative estimate of drug-likeness (QED) is 0.844. The van der Waals surface area contributed by atoms with E-state index >= 15 is 0 Å². The van der Waals surface area contributed by atoms with Gasteiger partial charge in [-0.05, 0) is 31.2 Å². The topological polar surface area (TPSA) is 15.7 Å². The first-order valence-corrected chi connectivity index (χ1v) is 9.30. The van der Waals surface area contributed by atoms with Crippen molar-refractivity contribution in [3.63, 3.8) is 0 Å². The number of nitrogens with zero attached hydrogens (tertiary/aromatic N) is 2. The molecule has 0 spiro atoms. The van der Waals surface area contributed by atoms with Gasteiger partial charge in [0.25, 0.3) is 0 Å². The second-order valence-corrected chi connectivity index (χ2v) is 7.54. The van der Waals surface area contributed by atoms with Gasteiger partial charge in [0.05, 0.1) is 12.7 Å². The van der Waals surface area contributed by atoms with E-state index in [4.69, 9.17) is 4.74 Å². The molecule has 0 unspecified atom stereocenters. The molecule has 0 bridgehead atoms. The maximum Gasteiger partial charge on any atom is 0.0674 e. The summed E-state index contributed by atoms with van der Waals surface area (Å²) >= 11 is 0. The highest BCUT2D eigenvalue weighted by molar-refractivity contribution is 5.19. The number of piperidine rings is 1.